The summed E-state index contributed by atoms with van der Waals surface area (Å²) in [5.41, 5.74) is 7.41. The molecule has 1 aromatic heterocycles. The minimum atomic E-state index is -0.717. The third-order valence-corrected chi connectivity index (χ3v) is 2.77. The van der Waals surface area contributed by atoms with Gasteiger partial charge in [-0.05, 0) is 18.2 Å². The van der Waals surface area contributed by atoms with Crippen LogP contribution in [0.15, 0.2) is 18.2 Å². The Balaban J connectivity index is 2.39. The Labute approximate surface area is 103 Å². The fourth-order valence-corrected chi connectivity index (χ4v) is 1.77. The highest BCUT2D eigenvalue weighted by atomic mass is 35.5. The highest BCUT2D eigenvalue weighted by Crippen LogP contribution is 2.20. The molecule has 0 spiro atoms. The number of carbonyl (C=O) groups is 1. The van der Waals surface area contributed by atoms with Crippen LogP contribution in [-0.4, -0.2) is 29.5 Å². The second kappa shape index (κ2) is 4.83. The van der Waals surface area contributed by atoms with Crippen molar-refractivity contribution in [2.45, 2.75) is 12.1 Å². The van der Waals surface area contributed by atoms with Crippen molar-refractivity contribution >= 4 is 28.9 Å². The van der Waals surface area contributed by atoms with E-state index in [-0.39, 0.29) is 0 Å². The van der Waals surface area contributed by atoms with E-state index in [1.165, 1.54) is 7.11 Å². The van der Waals surface area contributed by atoms with Crippen molar-refractivity contribution in [2.24, 2.45) is 5.73 Å². The average Bonchev–Trinajstić information content (AvgIpc) is 2.73. The summed E-state index contributed by atoms with van der Waals surface area (Å²) in [7, 11) is 1.43. The second-order valence-corrected chi connectivity index (χ2v) is 4.08. The molecule has 3 N–H and O–H groups in total. The van der Waals surface area contributed by atoms with Gasteiger partial charge >= 0.3 is 0 Å². The molecule has 2 rings (SSSR count). The number of rotatable bonds is 4. The third-order valence-electron chi connectivity index (χ3n) is 2.54. The number of hydrogen-bond acceptors (Lipinski definition) is 4. The molecule has 5 nitrogen and oxygen atoms in total. The predicted octanol–water partition coefficient (Wildman–Crippen LogP) is 1.43. The average molecular weight is 254 g/mol. The van der Waals surface area contributed by atoms with E-state index in [4.69, 9.17) is 22.1 Å². The van der Waals surface area contributed by atoms with Gasteiger partial charge in [-0.2, -0.15) is 0 Å². The van der Waals surface area contributed by atoms with Crippen LogP contribution in [0.5, 0.6) is 0 Å². The smallest absolute Gasteiger partial charge is 0.150 e. The Bertz CT molecular complexity index is 540. The number of aromatic nitrogens is 2. The zero-order valence-corrected chi connectivity index (χ0v) is 9.94. The van der Waals surface area contributed by atoms with Crippen molar-refractivity contribution in [3.63, 3.8) is 0 Å². The topological polar surface area (TPSA) is 81.0 Å². The lowest BCUT2D eigenvalue weighted by Gasteiger charge is -2.14. The number of fused-ring (bicyclic) bond motifs is 1. The molecule has 0 aliphatic heterocycles. The number of methoxy groups -OCH3 is 1. The summed E-state index contributed by atoms with van der Waals surface area (Å²) in [4.78, 5) is 18.1. The Kier molecular flexibility index (Phi) is 3.42. The first kappa shape index (κ1) is 12.0. The van der Waals surface area contributed by atoms with Crippen LogP contribution >= 0.6 is 11.6 Å². The maximum atomic E-state index is 10.8. The fraction of sp³-hybridized carbons (Fsp3) is 0.273. The monoisotopic (exact) mass is 253 g/mol. The summed E-state index contributed by atoms with van der Waals surface area (Å²) in [6, 6.07) is 4.66. The minimum Gasteiger partial charge on any atom is -0.372 e. The van der Waals surface area contributed by atoms with Crippen LogP contribution in [0.25, 0.3) is 11.0 Å². The summed E-state index contributed by atoms with van der Waals surface area (Å²) >= 11 is 5.86. The van der Waals surface area contributed by atoms with Gasteiger partial charge in [-0.25, -0.2) is 4.98 Å². The highest BCUT2D eigenvalue weighted by Gasteiger charge is 2.21. The quantitative estimate of drug-likeness (QED) is 0.808. The Hall–Kier alpha value is -1.43. The third kappa shape index (κ3) is 2.31. The zero-order chi connectivity index (χ0) is 12.4. The molecule has 0 radical (unpaired) electrons. The van der Waals surface area contributed by atoms with Crippen molar-refractivity contribution in [1.29, 1.82) is 0 Å². The number of nitrogens with one attached hydrogen (secondary N) is 1. The minimum absolute atomic E-state index is 0.501. The number of carbonyl (C=O) groups excluding carboxylic acids is 1. The van der Waals surface area contributed by atoms with Crippen molar-refractivity contribution in [3.05, 3.63) is 29.0 Å². The van der Waals surface area contributed by atoms with Gasteiger partial charge in [0.1, 0.15) is 11.9 Å². The van der Waals surface area contributed by atoms with Crippen LogP contribution in [0, 0.1) is 0 Å². The first-order valence-electron chi connectivity index (χ1n) is 5.04. The van der Waals surface area contributed by atoms with Gasteiger partial charge in [-0.3, -0.25) is 0 Å². The summed E-state index contributed by atoms with van der Waals surface area (Å²) in [6.45, 7) is 0. The maximum Gasteiger partial charge on any atom is 0.150 e. The summed E-state index contributed by atoms with van der Waals surface area (Å²) < 4.78 is 4.96. The van der Waals surface area contributed by atoms with Gasteiger partial charge < -0.3 is 20.2 Å². The summed E-state index contributed by atoms with van der Waals surface area (Å²) in [5, 5.41) is 0.611. The van der Waals surface area contributed by atoms with E-state index in [1.54, 1.807) is 18.2 Å². The molecule has 0 aliphatic rings. The number of benzene rings is 1. The number of ether oxygens (including phenoxy) is 1. The van der Waals surface area contributed by atoms with Crippen LogP contribution in [0.1, 0.15) is 11.9 Å². The van der Waals surface area contributed by atoms with Crippen LogP contribution in [0.2, 0.25) is 5.02 Å². The molecular weight excluding hydrogens is 242 g/mol. The van der Waals surface area contributed by atoms with E-state index in [1.807, 2.05) is 0 Å². The molecule has 17 heavy (non-hydrogen) atoms. The number of aldehydes is 1. The largest absolute Gasteiger partial charge is 0.372 e. The molecular formula is C11H12ClN3O2. The molecule has 0 aliphatic carbocycles. The molecule has 1 unspecified atom stereocenters. The summed E-state index contributed by atoms with van der Waals surface area (Å²) in [6.07, 6.45) is -0.0591. The molecule has 0 amide bonds. The maximum absolute atomic E-state index is 10.8. The van der Waals surface area contributed by atoms with E-state index in [9.17, 15) is 4.79 Å². The van der Waals surface area contributed by atoms with Crippen LogP contribution < -0.4 is 5.73 Å². The molecule has 1 heterocycles. The Morgan fingerprint density at radius 2 is 2.35 bits per heavy atom. The van der Waals surface area contributed by atoms with Gasteiger partial charge in [0, 0.05) is 12.1 Å². The van der Waals surface area contributed by atoms with Crippen molar-refractivity contribution in [1.82, 2.24) is 9.97 Å². The van der Waals surface area contributed by atoms with Gasteiger partial charge in [0.15, 0.2) is 6.29 Å². The van der Waals surface area contributed by atoms with E-state index in [0.29, 0.717) is 17.1 Å². The number of imidazole rings is 1. The lowest BCUT2D eigenvalue weighted by molar-refractivity contribution is -0.117. The predicted molar refractivity (Wildman–Crippen MR) is 64.9 cm³/mol. The molecule has 1 aromatic carbocycles. The molecule has 6 heteroatoms. The summed E-state index contributed by atoms with van der Waals surface area (Å²) in [5.74, 6) is 0.501. The normalized spacial score (nSPS) is 14.8. The number of aromatic amines is 1. The zero-order valence-electron chi connectivity index (χ0n) is 9.18. The molecule has 2 aromatic rings. The van der Waals surface area contributed by atoms with Gasteiger partial charge in [-0.1, -0.05) is 11.6 Å². The van der Waals surface area contributed by atoms with Gasteiger partial charge in [0.2, 0.25) is 0 Å². The number of hydrogen-bond donors (Lipinski definition) is 2. The molecule has 0 fully saturated rings. The van der Waals surface area contributed by atoms with E-state index in [0.717, 1.165) is 11.0 Å². The van der Waals surface area contributed by atoms with Gasteiger partial charge in [0.25, 0.3) is 0 Å². The molecule has 0 bridgehead atoms. The van der Waals surface area contributed by atoms with Gasteiger partial charge in [0.05, 0.1) is 17.1 Å². The Morgan fingerprint density at radius 3 is 3.00 bits per heavy atom. The van der Waals surface area contributed by atoms with Crippen LogP contribution in [0.4, 0.5) is 0 Å². The number of H-pyrrole nitrogens is 1. The number of nitrogens with two attached hydrogens (primary N) is 1. The first-order chi connectivity index (χ1) is 8.15. The second-order valence-electron chi connectivity index (χ2n) is 3.65. The van der Waals surface area contributed by atoms with Crippen molar-refractivity contribution < 1.29 is 9.53 Å². The van der Waals surface area contributed by atoms with Crippen molar-refractivity contribution in [2.75, 3.05) is 7.11 Å². The molecule has 0 saturated carbocycles. The number of halogens is 1. The molecule has 90 valence electrons. The van der Waals surface area contributed by atoms with Crippen molar-refractivity contribution in [3.8, 4) is 0 Å². The van der Waals surface area contributed by atoms with Gasteiger partial charge in [-0.15, -0.1) is 0 Å². The first-order valence-corrected chi connectivity index (χ1v) is 5.42. The standard InChI is InChI=1S/C11H12ClN3O2/c1-17-9(5-16)10(13)11-14-7-3-2-6(12)4-8(7)15-11/h2-5,9-10H,13H2,1H3,(H,14,15)/t9?,10-/m1/s1. The lowest BCUT2D eigenvalue weighted by Crippen LogP contribution is -2.30. The van der Waals surface area contributed by atoms with E-state index < -0.39 is 12.1 Å². The van der Waals surface area contributed by atoms with E-state index >= 15 is 0 Å². The SMILES string of the molecule is COC(C=O)[C@@H](N)c1nc2ccc(Cl)cc2[nH]1. The Morgan fingerprint density at radius 1 is 1.59 bits per heavy atom. The molecule has 2 atom stereocenters. The van der Waals surface area contributed by atoms with Crippen LogP contribution in [0.3, 0.4) is 0 Å². The van der Waals surface area contributed by atoms with Crippen LogP contribution in [-0.2, 0) is 9.53 Å². The van der Waals surface area contributed by atoms with E-state index in [2.05, 4.69) is 9.97 Å². The fourth-order valence-electron chi connectivity index (χ4n) is 1.60. The highest BCUT2D eigenvalue weighted by molar-refractivity contribution is 6.31. The molecule has 0 saturated heterocycles. The lowest BCUT2D eigenvalue weighted by atomic mass is 10.2. The number of nitrogens with zero attached hydrogens (tertiary/aromatic N) is 1.